The van der Waals surface area contributed by atoms with Crippen molar-refractivity contribution in [2.24, 2.45) is 7.05 Å². The first kappa shape index (κ1) is 12.4. The number of hydrogen-bond acceptors (Lipinski definition) is 3. The van der Waals surface area contributed by atoms with Crippen molar-refractivity contribution < 1.29 is 0 Å². The molecule has 0 amide bonds. The van der Waals surface area contributed by atoms with Crippen molar-refractivity contribution in [3.63, 3.8) is 0 Å². The first-order chi connectivity index (χ1) is 9.15. The van der Waals surface area contributed by atoms with E-state index in [0.717, 1.165) is 24.5 Å². The molecule has 1 aliphatic carbocycles. The third kappa shape index (κ3) is 2.56. The zero-order valence-corrected chi connectivity index (χ0v) is 11.5. The molecule has 0 spiro atoms. The highest BCUT2D eigenvalue weighted by atomic mass is 35.5. The molecule has 0 N–H and O–H groups in total. The van der Waals surface area contributed by atoms with Crippen LogP contribution in [0.25, 0.3) is 0 Å². The fourth-order valence-electron chi connectivity index (χ4n) is 2.22. The standard InChI is InChI=1S/C13H15ClN4O/c1-17-7-5-15-11(17)4-6-18-12(19)8-10(14)16-13(18)9-2-3-9/h5,7-9H,2-4,6H2,1H3. The van der Waals surface area contributed by atoms with Crippen molar-refractivity contribution in [1.29, 1.82) is 0 Å². The highest BCUT2D eigenvalue weighted by molar-refractivity contribution is 6.29. The zero-order valence-electron chi connectivity index (χ0n) is 10.7. The Morgan fingerprint density at radius 1 is 1.47 bits per heavy atom. The normalized spacial score (nSPS) is 14.8. The maximum atomic E-state index is 12.0. The predicted octanol–water partition coefficient (Wildman–Crippen LogP) is 1.75. The third-order valence-corrected chi connectivity index (χ3v) is 3.62. The molecule has 0 bridgehead atoms. The number of nitrogens with zero attached hydrogens (tertiary/aromatic N) is 4. The number of rotatable bonds is 4. The molecule has 0 aliphatic heterocycles. The molecule has 0 radical (unpaired) electrons. The van der Waals surface area contributed by atoms with Gasteiger partial charge in [0, 0.05) is 44.4 Å². The molecule has 0 saturated heterocycles. The molecule has 0 atom stereocenters. The van der Waals surface area contributed by atoms with E-state index in [1.807, 2.05) is 17.8 Å². The molecule has 2 heterocycles. The fraction of sp³-hybridized carbons (Fsp3) is 0.462. The second-order valence-electron chi connectivity index (χ2n) is 4.91. The lowest BCUT2D eigenvalue weighted by Crippen LogP contribution is -2.25. The summed E-state index contributed by atoms with van der Waals surface area (Å²) < 4.78 is 3.70. The Hall–Kier alpha value is -1.62. The van der Waals surface area contributed by atoms with Crippen molar-refractivity contribution in [2.45, 2.75) is 31.7 Å². The molecule has 1 aliphatic rings. The lowest BCUT2D eigenvalue weighted by Gasteiger charge is -2.11. The summed E-state index contributed by atoms with van der Waals surface area (Å²) in [6.45, 7) is 0.597. The van der Waals surface area contributed by atoms with Crippen molar-refractivity contribution >= 4 is 11.6 Å². The van der Waals surface area contributed by atoms with E-state index in [1.54, 1.807) is 10.8 Å². The lowest BCUT2D eigenvalue weighted by atomic mass is 10.3. The van der Waals surface area contributed by atoms with E-state index >= 15 is 0 Å². The van der Waals surface area contributed by atoms with Crippen LogP contribution in [0.5, 0.6) is 0 Å². The molecule has 2 aromatic heterocycles. The van der Waals surface area contributed by atoms with E-state index in [0.29, 0.717) is 24.0 Å². The van der Waals surface area contributed by atoms with Gasteiger partial charge in [-0.3, -0.25) is 9.36 Å². The van der Waals surface area contributed by atoms with Crippen LogP contribution in [0.2, 0.25) is 5.15 Å². The van der Waals surface area contributed by atoms with Gasteiger partial charge in [-0.05, 0) is 12.8 Å². The van der Waals surface area contributed by atoms with Gasteiger partial charge in [0.15, 0.2) is 0 Å². The SMILES string of the molecule is Cn1ccnc1CCn1c(C2CC2)nc(Cl)cc1=O. The molecule has 0 unspecified atom stereocenters. The molecule has 1 fully saturated rings. The number of aryl methyl sites for hydroxylation is 2. The van der Waals surface area contributed by atoms with Gasteiger partial charge in [0.05, 0.1) is 0 Å². The van der Waals surface area contributed by atoms with Gasteiger partial charge in [0.25, 0.3) is 5.56 Å². The molecule has 19 heavy (non-hydrogen) atoms. The summed E-state index contributed by atoms with van der Waals surface area (Å²) in [5.41, 5.74) is -0.0730. The Bertz CT molecular complexity index is 657. The Labute approximate surface area is 115 Å². The molecule has 0 aromatic carbocycles. The van der Waals surface area contributed by atoms with Crippen LogP contribution in [0.1, 0.15) is 30.4 Å². The van der Waals surface area contributed by atoms with Crippen molar-refractivity contribution in [3.8, 4) is 0 Å². The predicted molar refractivity (Wildman–Crippen MR) is 72.4 cm³/mol. The Kier molecular flexibility index (Phi) is 3.14. The first-order valence-electron chi connectivity index (χ1n) is 6.38. The van der Waals surface area contributed by atoms with Crippen LogP contribution in [0.15, 0.2) is 23.3 Å². The minimum absolute atomic E-state index is 0.0730. The van der Waals surface area contributed by atoms with Gasteiger partial charge in [-0.1, -0.05) is 11.6 Å². The van der Waals surface area contributed by atoms with Gasteiger partial charge >= 0.3 is 0 Å². The summed E-state index contributed by atoms with van der Waals surface area (Å²) in [5, 5.41) is 0.292. The lowest BCUT2D eigenvalue weighted by molar-refractivity contribution is 0.587. The molecule has 100 valence electrons. The summed E-state index contributed by atoms with van der Waals surface area (Å²) in [7, 11) is 1.95. The molecular weight excluding hydrogens is 264 g/mol. The average Bonchev–Trinajstić information content (AvgIpc) is 3.12. The zero-order chi connectivity index (χ0) is 13.4. The highest BCUT2D eigenvalue weighted by Gasteiger charge is 2.28. The quantitative estimate of drug-likeness (QED) is 0.801. The van der Waals surface area contributed by atoms with E-state index in [-0.39, 0.29) is 5.56 Å². The van der Waals surface area contributed by atoms with Crippen LogP contribution >= 0.6 is 11.6 Å². The smallest absolute Gasteiger partial charge is 0.255 e. The summed E-state index contributed by atoms with van der Waals surface area (Å²) in [6, 6.07) is 1.38. The summed E-state index contributed by atoms with van der Waals surface area (Å²) >= 11 is 5.88. The topological polar surface area (TPSA) is 52.7 Å². The largest absolute Gasteiger partial charge is 0.338 e. The van der Waals surface area contributed by atoms with Crippen LogP contribution in [-0.2, 0) is 20.0 Å². The number of aromatic nitrogens is 4. The van der Waals surface area contributed by atoms with E-state index in [9.17, 15) is 4.79 Å². The molecule has 5 nitrogen and oxygen atoms in total. The second-order valence-corrected chi connectivity index (χ2v) is 5.29. The van der Waals surface area contributed by atoms with E-state index in [4.69, 9.17) is 11.6 Å². The fourth-order valence-corrected chi connectivity index (χ4v) is 2.40. The van der Waals surface area contributed by atoms with Crippen molar-refractivity contribution in [2.75, 3.05) is 0 Å². The minimum Gasteiger partial charge on any atom is -0.338 e. The molecule has 6 heteroatoms. The summed E-state index contributed by atoms with van der Waals surface area (Å²) in [5.74, 6) is 2.18. The van der Waals surface area contributed by atoms with Crippen LogP contribution in [0.4, 0.5) is 0 Å². The van der Waals surface area contributed by atoms with E-state index < -0.39 is 0 Å². The molecule has 2 aromatic rings. The van der Waals surface area contributed by atoms with Gasteiger partial charge in [-0.2, -0.15) is 0 Å². The van der Waals surface area contributed by atoms with Gasteiger partial charge in [0.2, 0.25) is 0 Å². The second kappa shape index (κ2) is 4.81. The number of halogens is 1. The molecule has 3 rings (SSSR count). The summed E-state index contributed by atoms with van der Waals surface area (Å²) in [6.07, 6.45) is 6.57. The van der Waals surface area contributed by atoms with Crippen LogP contribution in [-0.4, -0.2) is 19.1 Å². The van der Waals surface area contributed by atoms with Gasteiger partial charge < -0.3 is 4.57 Å². The molecule has 1 saturated carbocycles. The average molecular weight is 279 g/mol. The number of imidazole rings is 1. The van der Waals surface area contributed by atoms with Crippen molar-refractivity contribution in [3.05, 3.63) is 45.6 Å². The maximum absolute atomic E-state index is 12.0. The van der Waals surface area contributed by atoms with E-state index in [1.165, 1.54) is 6.07 Å². The Morgan fingerprint density at radius 3 is 2.89 bits per heavy atom. The summed E-state index contributed by atoms with van der Waals surface area (Å²) in [4.78, 5) is 20.6. The van der Waals surface area contributed by atoms with Crippen LogP contribution in [0.3, 0.4) is 0 Å². The first-order valence-corrected chi connectivity index (χ1v) is 6.76. The third-order valence-electron chi connectivity index (χ3n) is 3.43. The van der Waals surface area contributed by atoms with Gasteiger partial charge in [-0.25, -0.2) is 9.97 Å². The highest BCUT2D eigenvalue weighted by Crippen LogP contribution is 2.38. The molecular formula is C13H15ClN4O. The Balaban J connectivity index is 1.88. The van der Waals surface area contributed by atoms with Crippen molar-refractivity contribution in [1.82, 2.24) is 19.1 Å². The Morgan fingerprint density at radius 2 is 2.26 bits per heavy atom. The maximum Gasteiger partial charge on any atom is 0.255 e. The number of hydrogen-bond donors (Lipinski definition) is 0. The van der Waals surface area contributed by atoms with Gasteiger partial charge in [-0.15, -0.1) is 0 Å². The van der Waals surface area contributed by atoms with Gasteiger partial charge in [0.1, 0.15) is 16.8 Å². The van der Waals surface area contributed by atoms with E-state index in [2.05, 4.69) is 9.97 Å². The monoisotopic (exact) mass is 278 g/mol. The minimum atomic E-state index is -0.0730. The van der Waals surface area contributed by atoms with Crippen LogP contribution < -0.4 is 5.56 Å². The van der Waals surface area contributed by atoms with Crippen LogP contribution in [0, 0.1) is 0 Å².